The molecular formula is C33H32N4O3. The molecule has 202 valence electrons. The molecule has 0 spiro atoms. The molecule has 4 aromatic rings. The van der Waals surface area contributed by atoms with Gasteiger partial charge in [-0.2, -0.15) is 0 Å². The Kier molecular flexibility index (Phi) is 8.73. The minimum absolute atomic E-state index is 0.0830. The molecule has 2 heterocycles. The van der Waals surface area contributed by atoms with Gasteiger partial charge in [0.2, 0.25) is 5.91 Å². The first-order valence-corrected chi connectivity index (χ1v) is 13.5. The van der Waals surface area contributed by atoms with E-state index in [2.05, 4.69) is 15.2 Å². The van der Waals surface area contributed by atoms with Gasteiger partial charge in [0.25, 0.3) is 0 Å². The summed E-state index contributed by atoms with van der Waals surface area (Å²) >= 11 is 0. The number of nitrogens with one attached hydrogen (secondary N) is 1. The van der Waals surface area contributed by atoms with E-state index in [9.17, 15) is 14.7 Å². The predicted molar refractivity (Wildman–Crippen MR) is 156 cm³/mol. The van der Waals surface area contributed by atoms with Crippen LogP contribution >= 0.6 is 0 Å². The van der Waals surface area contributed by atoms with Crippen LogP contribution in [0.5, 0.6) is 0 Å². The van der Waals surface area contributed by atoms with E-state index in [0.29, 0.717) is 23.5 Å². The standard InChI is InChI=1S/C33H32N4O3/c38-32(30-18-10-20-37(30)23-25-13-9-19-34-22-25)36-28-17-8-7-16-27(28)31(26-14-5-2-6-15-26)35-29(33(39)40)21-24-11-3-1-4-12-24/h1-9,11-17,19,22,29-30H,10,18,20-21,23H2,(H,36,38)(H,39,40)/t29-,30-/m0/s1. The van der Waals surface area contributed by atoms with Crippen LogP contribution in [-0.2, 0) is 22.6 Å². The van der Waals surface area contributed by atoms with E-state index in [1.807, 2.05) is 103 Å². The lowest BCUT2D eigenvalue weighted by Gasteiger charge is -2.24. The Balaban J connectivity index is 1.45. The Labute approximate surface area is 234 Å². The number of aliphatic carboxylic acids is 1. The first kappa shape index (κ1) is 27.0. The fourth-order valence-corrected chi connectivity index (χ4v) is 5.13. The first-order chi connectivity index (χ1) is 19.6. The van der Waals surface area contributed by atoms with Crippen LogP contribution in [0.15, 0.2) is 114 Å². The number of hydrogen-bond acceptors (Lipinski definition) is 5. The van der Waals surface area contributed by atoms with Crippen molar-refractivity contribution in [2.24, 2.45) is 4.99 Å². The molecule has 0 radical (unpaired) electrons. The maximum absolute atomic E-state index is 13.6. The average Bonchev–Trinajstić information content (AvgIpc) is 3.45. The molecule has 7 nitrogen and oxygen atoms in total. The van der Waals surface area contributed by atoms with Crippen LogP contribution in [0.4, 0.5) is 5.69 Å². The molecule has 40 heavy (non-hydrogen) atoms. The van der Waals surface area contributed by atoms with Crippen molar-refractivity contribution in [2.75, 3.05) is 11.9 Å². The molecule has 0 unspecified atom stereocenters. The van der Waals surface area contributed by atoms with E-state index in [-0.39, 0.29) is 18.4 Å². The summed E-state index contributed by atoms with van der Waals surface area (Å²) < 4.78 is 0. The van der Waals surface area contributed by atoms with Gasteiger partial charge in [-0.3, -0.25) is 19.7 Å². The van der Waals surface area contributed by atoms with Gasteiger partial charge in [-0.15, -0.1) is 0 Å². The summed E-state index contributed by atoms with van der Waals surface area (Å²) in [6, 6.07) is 29.1. The number of aliphatic imine (C=N–C) groups is 1. The van der Waals surface area contributed by atoms with E-state index >= 15 is 0 Å². The fraction of sp³-hybridized carbons (Fsp3) is 0.212. The summed E-state index contributed by atoms with van der Waals surface area (Å²) in [4.78, 5) is 37.1. The van der Waals surface area contributed by atoms with Gasteiger partial charge in [-0.1, -0.05) is 84.9 Å². The Hall–Kier alpha value is -4.62. The van der Waals surface area contributed by atoms with Crippen molar-refractivity contribution < 1.29 is 14.7 Å². The lowest BCUT2D eigenvalue weighted by Crippen LogP contribution is -2.39. The number of nitrogens with zero attached hydrogens (tertiary/aromatic N) is 3. The highest BCUT2D eigenvalue weighted by atomic mass is 16.4. The highest BCUT2D eigenvalue weighted by Crippen LogP contribution is 2.25. The molecule has 0 bridgehead atoms. The van der Waals surface area contributed by atoms with Gasteiger partial charge >= 0.3 is 5.97 Å². The van der Waals surface area contributed by atoms with Crippen molar-refractivity contribution in [2.45, 2.75) is 37.9 Å². The molecule has 7 heteroatoms. The van der Waals surface area contributed by atoms with E-state index in [4.69, 9.17) is 4.99 Å². The van der Waals surface area contributed by atoms with Crippen LogP contribution in [-0.4, -0.2) is 51.2 Å². The lowest BCUT2D eigenvalue weighted by molar-refractivity contribution is -0.138. The third-order valence-corrected chi connectivity index (χ3v) is 7.10. The number of likely N-dealkylation sites (tertiary alicyclic amines) is 1. The molecule has 1 aliphatic rings. The number of carboxylic acids is 1. The third kappa shape index (κ3) is 6.68. The van der Waals surface area contributed by atoms with Gasteiger partial charge in [0.15, 0.2) is 6.04 Å². The molecule has 1 aliphatic heterocycles. The topological polar surface area (TPSA) is 94.9 Å². The zero-order valence-corrected chi connectivity index (χ0v) is 22.2. The monoisotopic (exact) mass is 532 g/mol. The molecule has 3 aromatic carbocycles. The molecule has 1 saturated heterocycles. The number of amides is 1. The molecule has 0 saturated carbocycles. The summed E-state index contributed by atoms with van der Waals surface area (Å²) in [5, 5.41) is 13.2. The SMILES string of the molecule is O=C(O)[C@H](Cc1ccccc1)N=C(c1ccccc1)c1ccccc1NC(=O)[C@@H]1CCCN1Cc1cccnc1. The molecular weight excluding hydrogens is 500 g/mol. The summed E-state index contributed by atoms with van der Waals surface area (Å²) in [5.41, 5.74) is 4.55. The van der Waals surface area contributed by atoms with Crippen LogP contribution in [0, 0.1) is 0 Å². The Bertz CT molecular complexity index is 1460. The van der Waals surface area contributed by atoms with Crippen LogP contribution < -0.4 is 5.32 Å². The fourth-order valence-electron chi connectivity index (χ4n) is 5.13. The Morgan fingerprint density at radius 2 is 1.62 bits per heavy atom. The van der Waals surface area contributed by atoms with E-state index in [1.54, 1.807) is 6.20 Å². The van der Waals surface area contributed by atoms with Crippen molar-refractivity contribution in [1.82, 2.24) is 9.88 Å². The minimum atomic E-state index is -1.00. The van der Waals surface area contributed by atoms with Crippen molar-refractivity contribution in [3.8, 4) is 0 Å². The smallest absolute Gasteiger partial charge is 0.328 e. The van der Waals surface area contributed by atoms with Gasteiger partial charge in [0.05, 0.1) is 17.4 Å². The van der Waals surface area contributed by atoms with Crippen LogP contribution in [0.25, 0.3) is 0 Å². The maximum atomic E-state index is 13.6. The van der Waals surface area contributed by atoms with Gasteiger partial charge in [-0.25, -0.2) is 4.79 Å². The van der Waals surface area contributed by atoms with Gasteiger partial charge in [0, 0.05) is 36.5 Å². The van der Waals surface area contributed by atoms with Crippen molar-refractivity contribution >= 4 is 23.3 Å². The normalized spacial score (nSPS) is 16.4. The van der Waals surface area contributed by atoms with E-state index < -0.39 is 12.0 Å². The van der Waals surface area contributed by atoms with Crippen LogP contribution in [0.1, 0.15) is 35.1 Å². The first-order valence-electron chi connectivity index (χ1n) is 13.5. The van der Waals surface area contributed by atoms with Crippen molar-refractivity contribution in [1.29, 1.82) is 0 Å². The summed E-state index contributed by atoms with van der Waals surface area (Å²) in [6.07, 6.45) is 5.55. The number of carbonyl (C=O) groups is 2. The van der Waals surface area contributed by atoms with Gasteiger partial charge in [0.1, 0.15) is 0 Å². The summed E-state index contributed by atoms with van der Waals surface area (Å²) in [7, 11) is 0. The molecule has 2 atom stereocenters. The van der Waals surface area contributed by atoms with Gasteiger partial charge in [-0.05, 0) is 42.6 Å². The van der Waals surface area contributed by atoms with E-state index in [1.165, 1.54) is 0 Å². The molecule has 5 rings (SSSR count). The predicted octanol–water partition coefficient (Wildman–Crippen LogP) is 5.22. The molecule has 1 amide bonds. The summed E-state index contributed by atoms with van der Waals surface area (Å²) in [5.74, 6) is -1.09. The maximum Gasteiger partial charge on any atom is 0.328 e. The number of aromatic nitrogens is 1. The van der Waals surface area contributed by atoms with Gasteiger partial charge < -0.3 is 10.4 Å². The highest BCUT2D eigenvalue weighted by molar-refractivity contribution is 6.17. The molecule has 1 fully saturated rings. The zero-order valence-electron chi connectivity index (χ0n) is 22.2. The van der Waals surface area contributed by atoms with Crippen LogP contribution in [0.2, 0.25) is 0 Å². The van der Waals surface area contributed by atoms with Crippen LogP contribution in [0.3, 0.4) is 0 Å². The zero-order chi connectivity index (χ0) is 27.7. The summed E-state index contributed by atoms with van der Waals surface area (Å²) in [6.45, 7) is 1.50. The number of para-hydroxylation sites is 1. The number of rotatable bonds is 10. The average molecular weight is 533 g/mol. The number of pyridine rings is 1. The lowest BCUT2D eigenvalue weighted by atomic mass is 9.98. The second-order valence-electron chi connectivity index (χ2n) is 9.91. The second kappa shape index (κ2) is 13.0. The largest absolute Gasteiger partial charge is 0.480 e. The number of hydrogen-bond donors (Lipinski definition) is 2. The third-order valence-electron chi connectivity index (χ3n) is 7.10. The Morgan fingerprint density at radius 3 is 2.35 bits per heavy atom. The molecule has 0 aliphatic carbocycles. The quantitative estimate of drug-likeness (QED) is 0.273. The van der Waals surface area contributed by atoms with Crippen molar-refractivity contribution in [3.05, 3.63) is 132 Å². The number of carbonyl (C=O) groups excluding carboxylic acids is 1. The number of anilines is 1. The molecule has 2 N–H and O–H groups in total. The second-order valence-corrected chi connectivity index (χ2v) is 9.91. The minimum Gasteiger partial charge on any atom is -0.480 e. The molecule has 1 aromatic heterocycles. The Morgan fingerprint density at radius 1 is 0.925 bits per heavy atom. The van der Waals surface area contributed by atoms with Crippen molar-refractivity contribution in [3.63, 3.8) is 0 Å². The number of benzene rings is 3. The number of carboxylic acid groups (broad SMARTS) is 1. The van der Waals surface area contributed by atoms with E-state index in [0.717, 1.165) is 36.1 Å². The highest BCUT2D eigenvalue weighted by Gasteiger charge is 2.31.